The third-order valence-electron chi connectivity index (χ3n) is 6.90. The van der Waals surface area contributed by atoms with E-state index in [1.807, 2.05) is 0 Å². The van der Waals surface area contributed by atoms with Gasteiger partial charge in [0.2, 0.25) is 10.9 Å². The van der Waals surface area contributed by atoms with Gasteiger partial charge in [-0.15, -0.1) is 10.2 Å². The summed E-state index contributed by atoms with van der Waals surface area (Å²) in [6.07, 6.45) is 11.6. The number of carbonyl (C=O) groups excluding carboxylic acids is 1. The van der Waals surface area contributed by atoms with Gasteiger partial charge >= 0.3 is 0 Å². The normalized spacial score (nSPS) is 35.0. The summed E-state index contributed by atoms with van der Waals surface area (Å²) in [6, 6.07) is 0. The molecule has 2 aromatic heterocycles. The van der Waals surface area contributed by atoms with E-state index in [2.05, 4.69) is 20.5 Å². The van der Waals surface area contributed by atoms with E-state index in [4.69, 9.17) is 4.42 Å². The number of carbonyl (C=O) groups is 1. The van der Waals surface area contributed by atoms with Crippen molar-refractivity contribution in [2.45, 2.75) is 62.7 Å². The molecule has 0 aliphatic heterocycles. The molecule has 0 aromatic carbocycles. The van der Waals surface area contributed by atoms with Crippen LogP contribution in [0.4, 0.5) is 5.13 Å². The Morgan fingerprint density at radius 2 is 1.81 bits per heavy atom. The van der Waals surface area contributed by atoms with Gasteiger partial charge in [0.1, 0.15) is 5.01 Å². The molecule has 0 spiro atoms. The van der Waals surface area contributed by atoms with E-state index in [1.54, 1.807) is 11.3 Å². The van der Waals surface area contributed by atoms with Crippen molar-refractivity contribution in [1.82, 2.24) is 15.2 Å². The van der Waals surface area contributed by atoms with Gasteiger partial charge in [0.05, 0.1) is 5.69 Å². The molecule has 26 heavy (non-hydrogen) atoms. The van der Waals surface area contributed by atoms with Gasteiger partial charge in [0.25, 0.3) is 5.91 Å². The highest BCUT2D eigenvalue weighted by Crippen LogP contribution is 2.61. The lowest BCUT2D eigenvalue weighted by molar-refractivity contribution is -0.00555. The van der Waals surface area contributed by atoms with Crippen LogP contribution < -0.4 is 5.32 Å². The van der Waals surface area contributed by atoms with Crippen LogP contribution in [0.25, 0.3) is 0 Å². The molecule has 0 atom stereocenters. The van der Waals surface area contributed by atoms with Crippen molar-refractivity contribution in [2.75, 3.05) is 5.32 Å². The smallest absolute Gasteiger partial charge is 0.295 e. The molecular formula is C19H22N4O2S. The fraction of sp³-hybridized carbons (Fsp3) is 0.684. The van der Waals surface area contributed by atoms with Crippen molar-refractivity contribution in [2.24, 2.45) is 17.8 Å². The standard InChI is InChI=1S/C19H22N4O2S/c24-16(15-14(13-1-2-13)20-9-25-15)21-18-23-22-17(26-18)19-6-10-3-11(7-19)5-12(4-10)8-19/h9-13H,1-8H2,(H,21,23,24). The third kappa shape index (κ3) is 2.36. The van der Waals surface area contributed by atoms with Crippen molar-refractivity contribution >= 4 is 22.4 Å². The first kappa shape index (κ1) is 15.3. The molecule has 0 unspecified atom stereocenters. The number of rotatable bonds is 4. The monoisotopic (exact) mass is 370 g/mol. The number of amides is 1. The molecule has 6 nitrogen and oxygen atoms in total. The van der Waals surface area contributed by atoms with Crippen LogP contribution in [0.15, 0.2) is 10.8 Å². The second-order valence-corrected chi connectivity index (χ2v) is 9.88. The molecule has 5 aliphatic rings. The lowest BCUT2D eigenvalue weighted by Crippen LogP contribution is -2.48. The molecule has 7 rings (SSSR count). The van der Waals surface area contributed by atoms with E-state index in [-0.39, 0.29) is 11.3 Å². The first-order chi connectivity index (χ1) is 12.7. The quantitative estimate of drug-likeness (QED) is 0.875. The van der Waals surface area contributed by atoms with E-state index in [0.29, 0.717) is 16.8 Å². The molecule has 1 N–H and O–H groups in total. The molecule has 2 heterocycles. The third-order valence-corrected chi connectivity index (χ3v) is 7.99. The minimum atomic E-state index is -0.252. The average Bonchev–Trinajstić information content (AvgIpc) is 3.14. The SMILES string of the molecule is O=C(Nc1nnc(C23CC4CC(CC(C4)C2)C3)s1)c1ocnc1C1CC1. The van der Waals surface area contributed by atoms with Crippen LogP contribution in [0, 0.1) is 17.8 Å². The molecule has 5 fully saturated rings. The second kappa shape index (κ2) is 5.38. The van der Waals surface area contributed by atoms with Gasteiger partial charge in [-0.1, -0.05) is 11.3 Å². The number of hydrogen-bond donors (Lipinski definition) is 1. The summed E-state index contributed by atoms with van der Waals surface area (Å²) in [7, 11) is 0. The average molecular weight is 370 g/mol. The van der Waals surface area contributed by atoms with E-state index in [1.165, 1.54) is 44.9 Å². The summed E-state index contributed by atoms with van der Waals surface area (Å²) >= 11 is 1.56. The predicted octanol–water partition coefficient (Wildman–Crippen LogP) is 4.12. The van der Waals surface area contributed by atoms with Gasteiger partial charge in [-0.25, -0.2) is 4.98 Å². The molecule has 0 radical (unpaired) electrons. The summed E-state index contributed by atoms with van der Waals surface area (Å²) in [5.41, 5.74) is 1.01. The zero-order chi connectivity index (χ0) is 17.3. The van der Waals surface area contributed by atoms with E-state index >= 15 is 0 Å². The van der Waals surface area contributed by atoms with Crippen LogP contribution in [-0.4, -0.2) is 21.1 Å². The van der Waals surface area contributed by atoms with Crippen molar-refractivity contribution in [3.8, 4) is 0 Å². The van der Waals surface area contributed by atoms with E-state index in [0.717, 1.165) is 41.3 Å². The Morgan fingerprint density at radius 1 is 1.12 bits per heavy atom. The summed E-state index contributed by atoms with van der Waals surface area (Å²) in [4.78, 5) is 16.8. The molecule has 136 valence electrons. The largest absolute Gasteiger partial charge is 0.438 e. The molecule has 4 bridgehead atoms. The number of oxazole rings is 1. The molecule has 2 aromatic rings. The maximum atomic E-state index is 12.6. The fourth-order valence-corrected chi connectivity index (χ4v) is 7.04. The first-order valence-electron chi connectivity index (χ1n) is 9.77. The van der Waals surface area contributed by atoms with Crippen molar-refractivity contribution in [1.29, 1.82) is 0 Å². The van der Waals surface area contributed by atoms with Crippen LogP contribution in [0.2, 0.25) is 0 Å². The number of aromatic nitrogens is 3. The summed E-state index contributed by atoms with van der Waals surface area (Å²) < 4.78 is 5.34. The fourth-order valence-electron chi connectivity index (χ4n) is 6.09. The lowest BCUT2D eigenvalue weighted by atomic mass is 9.50. The zero-order valence-electron chi connectivity index (χ0n) is 14.6. The maximum absolute atomic E-state index is 12.6. The summed E-state index contributed by atoms with van der Waals surface area (Å²) in [5, 5.41) is 13.4. The van der Waals surface area contributed by atoms with Crippen molar-refractivity contribution < 1.29 is 9.21 Å². The minimum Gasteiger partial charge on any atom is -0.438 e. The van der Waals surface area contributed by atoms with Gasteiger partial charge in [0, 0.05) is 11.3 Å². The minimum absolute atomic E-state index is 0.223. The Bertz CT molecular complexity index is 833. The van der Waals surface area contributed by atoms with E-state index in [9.17, 15) is 4.79 Å². The molecular weight excluding hydrogens is 348 g/mol. The highest BCUT2D eigenvalue weighted by atomic mass is 32.1. The Labute approximate surface area is 155 Å². The Morgan fingerprint density at radius 3 is 2.46 bits per heavy atom. The molecule has 0 saturated heterocycles. The van der Waals surface area contributed by atoms with Crippen LogP contribution >= 0.6 is 11.3 Å². The number of anilines is 1. The van der Waals surface area contributed by atoms with Crippen molar-refractivity contribution in [3.63, 3.8) is 0 Å². The highest BCUT2D eigenvalue weighted by Gasteiger charge is 2.53. The van der Waals surface area contributed by atoms with Crippen LogP contribution in [-0.2, 0) is 5.41 Å². The second-order valence-electron chi connectivity index (χ2n) is 8.91. The number of hydrogen-bond acceptors (Lipinski definition) is 6. The van der Waals surface area contributed by atoms with Gasteiger partial charge < -0.3 is 4.42 Å². The molecule has 7 heteroatoms. The van der Waals surface area contributed by atoms with Crippen molar-refractivity contribution in [3.05, 3.63) is 22.9 Å². The topological polar surface area (TPSA) is 80.9 Å². The Balaban J connectivity index is 1.23. The Hall–Kier alpha value is -1.76. The van der Waals surface area contributed by atoms with Gasteiger partial charge in [-0.05, 0) is 69.1 Å². The van der Waals surface area contributed by atoms with E-state index < -0.39 is 0 Å². The summed E-state index contributed by atoms with van der Waals surface area (Å²) in [6.45, 7) is 0. The van der Waals surface area contributed by atoms with Gasteiger partial charge in [-0.3, -0.25) is 10.1 Å². The number of nitrogens with one attached hydrogen (secondary N) is 1. The predicted molar refractivity (Wildman–Crippen MR) is 96.2 cm³/mol. The lowest BCUT2D eigenvalue weighted by Gasteiger charge is -2.55. The Kier molecular flexibility index (Phi) is 3.17. The molecule has 1 amide bonds. The maximum Gasteiger partial charge on any atom is 0.295 e. The zero-order valence-corrected chi connectivity index (χ0v) is 15.4. The highest BCUT2D eigenvalue weighted by molar-refractivity contribution is 7.15. The van der Waals surface area contributed by atoms with Crippen LogP contribution in [0.3, 0.4) is 0 Å². The van der Waals surface area contributed by atoms with Gasteiger partial charge in [-0.2, -0.15) is 0 Å². The number of nitrogens with zero attached hydrogens (tertiary/aromatic N) is 3. The summed E-state index contributed by atoms with van der Waals surface area (Å²) in [5.74, 6) is 3.08. The van der Waals surface area contributed by atoms with Crippen LogP contribution in [0.5, 0.6) is 0 Å². The van der Waals surface area contributed by atoms with Crippen LogP contribution in [0.1, 0.15) is 78.5 Å². The first-order valence-corrected chi connectivity index (χ1v) is 10.6. The van der Waals surface area contributed by atoms with Gasteiger partial charge in [0.15, 0.2) is 6.39 Å². The molecule has 5 aliphatic carbocycles. The molecule has 5 saturated carbocycles.